The van der Waals surface area contributed by atoms with Crippen LogP contribution in [0.1, 0.15) is 20.3 Å². The molecule has 0 saturated heterocycles. The summed E-state index contributed by atoms with van der Waals surface area (Å²) in [5.74, 6) is 1.72. The van der Waals surface area contributed by atoms with E-state index in [1.165, 1.54) is 17.3 Å². The fourth-order valence-electron chi connectivity index (χ4n) is 2.28. The lowest BCUT2D eigenvalue weighted by Crippen LogP contribution is -2.21. The van der Waals surface area contributed by atoms with E-state index in [1.807, 2.05) is 12.1 Å². The molecule has 2 aromatic rings. The zero-order valence-corrected chi connectivity index (χ0v) is 12.1. The third-order valence-electron chi connectivity index (χ3n) is 3.42. The van der Waals surface area contributed by atoms with Crippen molar-refractivity contribution >= 4 is 10.9 Å². The normalized spacial score (nSPS) is 11.4. The first-order chi connectivity index (χ1) is 9.22. The van der Waals surface area contributed by atoms with Crippen LogP contribution in [0.2, 0.25) is 0 Å². The molecule has 1 N–H and O–H groups in total. The van der Waals surface area contributed by atoms with Crippen LogP contribution in [-0.2, 0) is 6.54 Å². The molecule has 0 atom stereocenters. The Hall–Kier alpha value is -1.48. The van der Waals surface area contributed by atoms with Crippen LogP contribution in [0, 0.1) is 5.92 Å². The Morgan fingerprint density at radius 2 is 2.05 bits per heavy atom. The molecule has 19 heavy (non-hydrogen) atoms. The highest BCUT2D eigenvalue weighted by molar-refractivity contribution is 5.86. The van der Waals surface area contributed by atoms with Crippen molar-refractivity contribution in [3.05, 3.63) is 30.5 Å². The maximum absolute atomic E-state index is 5.38. The largest absolute Gasteiger partial charge is 0.496 e. The van der Waals surface area contributed by atoms with Crippen molar-refractivity contribution in [1.29, 1.82) is 0 Å². The Kier molecular flexibility index (Phi) is 4.86. The van der Waals surface area contributed by atoms with E-state index in [2.05, 4.69) is 42.1 Å². The number of benzene rings is 1. The zero-order chi connectivity index (χ0) is 13.7. The number of methoxy groups -OCH3 is 1. The van der Waals surface area contributed by atoms with Gasteiger partial charge < -0.3 is 14.6 Å². The van der Waals surface area contributed by atoms with Crippen LogP contribution in [0.15, 0.2) is 30.5 Å². The quantitative estimate of drug-likeness (QED) is 0.773. The Balaban J connectivity index is 1.94. The maximum atomic E-state index is 5.38. The highest BCUT2D eigenvalue weighted by atomic mass is 16.5. The van der Waals surface area contributed by atoms with Crippen LogP contribution in [0.5, 0.6) is 5.75 Å². The minimum absolute atomic E-state index is 0.768. The number of nitrogens with one attached hydrogen (secondary N) is 1. The lowest BCUT2D eigenvalue weighted by atomic mass is 10.1. The molecule has 2 rings (SSSR count). The molecule has 3 nitrogen and oxygen atoms in total. The van der Waals surface area contributed by atoms with Crippen LogP contribution in [0.4, 0.5) is 0 Å². The summed E-state index contributed by atoms with van der Waals surface area (Å²) in [6, 6.07) is 8.33. The Bertz CT molecular complexity index is 516. The number of fused-ring (bicyclic) bond motifs is 1. The van der Waals surface area contributed by atoms with Gasteiger partial charge >= 0.3 is 0 Å². The molecule has 1 heterocycles. The van der Waals surface area contributed by atoms with Gasteiger partial charge in [0.05, 0.1) is 12.6 Å². The average molecular weight is 260 g/mol. The van der Waals surface area contributed by atoms with Crippen molar-refractivity contribution in [2.24, 2.45) is 5.92 Å². The minimum Gasteiger partial charge on any atom is -0.496 e. The van der Waals surface area contributed by atoms with Gasteiger partial charge in [-0.05, 0) is 37.1 Å². The number of aromatic nitrogens is 1. The van der Waals surface area contributed by atoms with Gasteiger partial charge in [0.25, 0.3) is 0 Å². The van der Waals surface area contributed by atoms with Gasteiger partial charge in [0.2, 0.25) is 0 Å². The topological polar surface area (TPSA) is 26.2 Å². The number of rotatable bonds is 7. The van der Waals surface area contributed by atoms with Gasteiger partial charge in [0, 0.05) is 24.7 Å². The molecule has 0 aliphatic carbocycles. The first-order valence-electron chi connectivity index (χ1n) is 7.05. The van der Waals surface area contributed by atoms with Crippen LogP contribution in [0.3, 0.4) is 0 Å². The monoisotopic (exact) mass is 260 g/mol. The fourth-order valence-corrected chi connectivity index (χ4v) is 2.28. The van der Waals surface area contributed by atoms with E-state index < -0.39 is 0 Å². The Labute approximate surface area is 115 Å². The zero-order valence-electron chi connectivity index (χ0n) is 12.1. The second-order valence-corrected chi connectivity index (χ2v) is 5.33. The number of ether oxygens (including phenoxy) is 1. The van der Waals surface area contributed by atoms with Gasteiger partial charge in [0.15, 0.2) is 0 Å². The van der Waals surface area contributed by atoms with E-state index in [-0.39, 0.29) is 0 Å². The molecule has 0 radical (unpaired) electrons. The molecule has 0 fully saturated rings. The molecule has 0 saturated carbocycles. The summed E-state index contributed by atoms with van der Waals surface area (Å²) in [6.07, 6.45) is 3.37. The highest BCUT2D eigenvalue weighted by Crippen LogP contribution is 2.25. The molecule has 0 amide bonds. The Morgan fingerprint density at radius 1 is 1.21 bits per heavy atom. The lowest BCUT2D eigenvalue weighted by Gasteiger charge is -2.09. The smallest absolute Gasteiger partial charge is 0.128 e. The van der Waals surface area contributed by atoms with Crippen molar-refractivity contribution in [1.82, 2.24) is 9.88 Å². The van der Waals surface area contributed by atoms with E-state index >= 15 is 0 Å². The van der Waals surface area contributed by atoms with Crippen LogP contribution in [-0.4, -0.2) is 24.8 Å². The summed E-state index contributed by atoms with van der Waals surface area (Å²) in [7, 11) is 1.72. The fraction of sp³-hybridized carbons (Fsp3) is 0.500. The first kappa shape index (κ1) is 13.9. The van der Waals surface area contributed by atoms with Crippen LogP contribution >= 0.6 is 0 Å². The molecule has 104 valence electrons. The molecule has 0 spiro atoms. The van der Waals surface area contributed by atoms with Gasteiger partial charge in [0.1, 0.15) is 5.75 Å². The van der Waals surface area contributed by atoms with Crippen molar-refractivity contribution in [2.75, 3.05) is 20.2 Å². The van der Waals surface area contributed by atoms with E-state index in [4.69, 9.17) is 4.74 Å². The highest BCUT2D eigenvalue weighted by Gasteiger charge is 2.05. The molecule has 0 unspecified atom stereocenters. The van der Waals surface area contributed by atoms with Crippen molar-refractivity contribution < 1.29 is 4.74 Å². The number of nitrogens with zero attached hydrogens (tertiary/aromatic N) is 1. The SMILES string of the molecule is COc1cccc2c1ccn2CCNCCC(C)C. The second-order valence-electron chi connectivity index (χ2n) is 5.33. The van der Waals surface area contributed by atoms with E-state index in [0.29, 0.717) is 0 Å². The predicted octanol–water partition coefficient (Wildman–Crippen LogP) is 3.29. The molecule has 0 aliphatic heterocycles. The third kappa shape index (κ3) is 3.51. The van der Waals surface area contributed by atoms with Gasteiger partial charge in [-0.1, -0.05) is 19.9 Å². The minimum atomic E-state index is 0.768. The van der Waals surface area contributed by atoms with Crippen molar-refractivity contribution in [3.8, 4) is 5.75 Å². The van der Waals surface area contributed by atoms with E-state index in [1.54, 1.807) is 7.11 Å². The maximum Gasteiger partial charge on any atom is 0.128 e. The standard InChI is InChI=1S/C16H24N2O/c1-13(2)7-9-17-10-12-18-11-8-14-15(18)5-4-6-16(14)19-3/h4-6,8,11,13,17H,7,9-10,12H2,1-3H3. The lowest BCUT2D eigenvalue weighted by molar-refractivity contribution is 0.420. The van der Waals surface area contributed by atoms with Gasteiger partial charge in [-0.3, -0.25) is 0 Å². The molecular weight excluding hydrogens is 236 g/mol. The number of hydrogen-bond acceptors (Lipinski definition) is 2. The summed E-state index contributed by atoms with van der Waals surface area (Å²) >= 11 is 0. The summed E-state index contributed by atoms with van der Waals surface area (Å²) < 4.78 is 7.66. The molecule has 0 aliphatic rings. The predicted molar refractivity (Wildman–Crippen MR) is 80.8 cm³/mol. The molecule has 3 heteroatoms. The van der Waals surface area contributed by atoms with Gasteiger partial charge in [-0.15, -0.1) is 0 Å². The molecule has 0 bridgehead atoms. The average Bonchev–Trinajstić information content (AvgIpc) is 2.81. The van der Waals surface area contributed by atoms with Gasteiger partial charge in [-0.2, -0.15) is 0 Å². The molecule has 1 aromatic carbocycles. The van der Waals surface area contributed by atoms with E-state index in [0.717, 1.165) is 31.3 Å². The summed E-state index contributed by atoms with van der Waals surface area (Å²) in [5.41, 5.74) is 1.24. The summed E-state index contributed by atoms with van der Waals surface area (Å²) in [6.45, 7) is 7.61. The van der Waals surface area contributed by atoms with Crippen molar-refractivity contribution in [3.63, 3.8) is 0 Å². The molecule has 1 aromatic heterocycles. The second kappa shape index (κ2) is 6.62. The summed E-state index contributed by atoms with van der Waals surface area (Å²) in [4.78, 5) is 0. The van der Waals surface area contributed by atoms with Gasteiger partial charge in [-0.25, -0.2) is 0 Å². The molecular formula is C16H24N2O. The first-order valence-corrected chi connectivity index (χ1v) is 7.05. The third-order valence-corrected chi connectivity index (χ3v) is 3.42. The number of hydrogen-bond donors (Lipinski definition) is 1. The van der Waals surface area contributed by atoms with E-state index in [9.17, 15) is 0 Å². The summed E-state index contributed by atoms with van der Waals surface area (Å²) in [5, 5.41) is 4.68. The van der Waals surface area contributed by atoms with Crippen LogP contribution < -0.4 is 10.1 Å². The van der Waals surface area contributed by atoms with Crippen molar-refractivity contribution in [2.45, 2.75) is 26.8 Å². The Morgan fingerprint density at radius 3 is 2.79 bits per heavy atom. The van der Waals surface area contributed by atoms with Crippen LogP contribution in [0.25, 0.3) is 10.9 Å².